The van der Waals surface area contributed by atoms with Crippen LogP contribution < -0.4 is 0 Å². The Morgan fingerprint density at radius 1 is 0.812 bits per heavy atom. The van der Waals surface area contributed by atoms with Crippen LogP contribution in [-0.4, -0.2) is 75.1 Å². The van der Waals surface area contributed by atoms with Gasteiger partial charge in [-0.05, 0) is 92.3 Å². The first kappa shape index (κ1) is 23.5. The lowest BCUT2D eigenvalue weighted by Gasteiger charge is -2.61. The Hall–Kier alpha value is -0.280. The third kappa shape index (κ3) is 3.50. The number of rotatable bonds is 3. The molecule has 13 atom stereocenters. The number of aliphatic hydroxyl groups is 5. The summed E-state index contributed by atoms with van der Waals surface area (Å²) >= 11 is 0. The van der Waals surface area contributed by atoms with Crippen LogP contribution in [0.5, 0.6) is 0 Å². The van der Waals surface area contributed by atoms with Crippen molar-refractivity contribution in [1.82, 2.24) is 0 Å². The summed E-state index contributed by atoms with van der Waals surface area (Å²) in [5.74, 6) is 2.63. The van der Waals surface area contributed by atoms with Crippen molar-refractivity contribution in [2.24, 2.45) is 34.5 Å². The monoisotopic (exact) mass is 454 g/mol. The van der Waals surface area contributed by atoms with Gasteiger partial charge in [-0.1, -0.05) is 13.8 Å². The molecule has 0 aromatic carbocycles. The van der Waals surface area contributed by atoms with Gasteiger partial charge in [0.2, 0.25) is 0 Å². The van der Waals surface area contributed by atoms with Gasteiger partial charge >= 0.3 is 0 Å². The number of hydrogen-bond donors (Lipinski definition) is 5. The van der Waals surface area contributed by atoms with Gasteiger partial charge in [0, 0.05) is 0 Å². The van der Waals surface area contributed by atoms with Crippen molar-refractivity contribution < 1.29 is 35.0 Å². The fourth-order valence-corrected chi connectivity index (χ4v) is 8.68. The first-order valence-corrected chi connectivity index (χ1v) is 12.8. The molecule has 4 saturated carbocycles. The van der Waals surface area contributed by atoms with Crippen LogP contribution >= 0.6 is 0 Å². The molecule has 1 saturated heterocycles. The minimum Gasteiger partial charge on any atom is -0.394 e. The van der Waals surface area contributed by atoms with Gasteiger partial charge in [0.05, 0.1) is 18.8 Å². The van der Waals surface area contributed by atoms with Crippen LogP contribution in [-0.2, 0) is 9.47 Å². The Bertz CT molecular complexity index is 687. The fourth-order valence-electron chi connectivity index (χ4n) is 8.68. The number of fused-ring (bicyclic) bond motifs is 5. The highest BCUT2D eigenvalue weighted by atomic mass is 16.7. The van der Waals surface area contributed by atoms with E-state index in [1.807, 2.05) is 0 Å². The van der Waals surface area contributed by atoms with Crippen LogP contribution in [0.25, 0.3) is 0 Å². The van der Waals surface area contributed by atoms with Crippen molar-refractivity contribution in [3.05, 3.63) is 0 Å². The Labute approximate surface area is 191 Å². The smallest absolute Gasteiger partial charge is 0.186 e. The highest BCUT2D eigenvalue weighted by molar-refractivity contribution is 5.09. The van der Waals surface area contributed by atoms with E-state index in [1.54, 1.807) is 0 Å². The highest BCUT2D eigenvalue weighted by Crippen LogP contribution is 2.66. The summed E-state index contributed by atoms with van der Waals surface area (Å²) in [5, 5.41) is 50.5. The Morgan fingerprint density at radius 3 is 2.28 bits per heavy atom. The van der Waals surface area contributed by atoms with E-state index in [2.05, 4.69) is 13.8 Å². The fraction of sp³-hybridized carbons (Fsp3) is 1.00. The second-order valence-corrected chi connectivity index (χ2v) is 12.0. The first-order chi connectivity index (χ1) is 15.2. The second-order valence-electron chi connectivity index (χ2n) is 12.0. The standard InChI is InChI=1S/C25H42O7/c1-24-9-7-14(31-23-22(30)21(29)20(28)18(12-26)32-23)11-13(24)3-4-15-16-5-6-19(27)25(16,2)10-8-17(15)24/h13-23,26-30H,3-12H2,1-2H3. The van der Waals surface area contributed by atoms with E-state index in [-0.39, 0.29) is 23.0 Å². The minimum absolute atomic E-state index is 0.0618. The van der Waals surface area contributed by atoms with Gasteiger partial charge < -0.3 is 35.0 Å². The molecule has 7 heteroatoms. The average Bonchev–Trinajstić information content (AvgIpc) is 3.09. The maximum Gasteiger partial charge on any atom is 0.186 e. The molecule has 0 spiro atoms. The summed E-state index contributed by atoms with van der Waals surface area (Å²) in [7, 11) is 0. The molecule has 0 radical (unpaired) electrons. The van der Waals surface area contributed by atoms with Crippen molar-refractivity contribution in [3.8, 4) is 0 Å². The lowest BCUT2D eigenvalue weighted by molar-refractivity contribution is -0.316. The van der Waals surface area contributed by atoms with Crippen LogP contribution in [0.1, 0.15) is 71.6 Å². The molecule has 0 bridgehead atoms. The van der Waals surface area contributed by atoms with Crippen molar-refractivity contribution in [2.45, 2.75) is 115 Å². The van der Waals surface area contributed by atoms with Crippen LogP contribution in [0.3, 0.4) is 0 Å². The predicted molar refractivity (Wildman–Crippen MR) is 116 cm³/mol. The topological polar surface area (TPSA) is 120 Å². The molecule has 1 aliphatic heterocycles. The molecule has 184 valence electrons. The summed E-state index contributed by atoms with van der Waals surface area (Å²) in [4.78, 5) is 0. The van der Waals surface area contributed by atoms with Crippen LogP contribution in [0.2, 0.25) is 0 Å². The van der Waals surface area contributed by atoms with E-state index in [0.717, 1.165) is 38.0 Å². The van der Waals surface area contributed by atoms with Crippen molar-refractivity contribution in [1.29, 1.82) is 0 Å². The van der Waals surface area contributed by atoms with Gasteiger partial charge in [-0.25, -0.2) is 0 Å². The zero-order valence-electron chi connectivity index (χ0n) is 19.5. The third-order valence-electron chi connectivity index (χ3n) is 10.7. The molecule has 32 heavy (non-hydrogen) atoms. The summed E-state index contributed by atoms with van der Waals surface area (Å²) in [6, 6.07) is 0. The minimum atomic E-state index is -1.39. The zero-order chi connectivity index (χ0) is 22.8. The molecular weight excluding hydrogens is 412 g/mol. The first-order valence-electron chi connectivity index (χ1n) is 12.8. The van der Waals surface area contributed by atoms with Crippen molar-refractivity contribution in [3.63, 3.8) is 0 Å². The number of ether oxygens (including phenoxy) is 2. The van der Waals surface area contributed by atoms with Gasteiger partial charge in [-0.3, -0.25) is 0 Å². The molecule has 0 aromatic rings. The molecule has 13 unspecified atom stereocenters. The largest absolute Gasteiger partial charge is 0.394 e. The zero-order valence-corrected chi connectivity index (χ0v) is 19.5. The van der Waals surface area contributed by atoms with Gasteiger partial charge in [0.25, 0.3) is 0 Å². The van der Waals surface area contributed by atoms with E-state index >= 15 is 0 Å². The van der Waals surface area contributed by atoms with Crippen molar-refractivity contribution >= 4 is 0 Å². The summed E-state index contributed by atoms with van der Waals surface area (Å²) in [5.41, 5.74) is 0.390. The summed E-state index contributed by atoms with van der Waals surface area (Å²) in [6.45, 7) is 4.37. The van der Waals surface area contributed by atoms with Crippen molar-refractivity contribution in [2.75, 3.05) is 6.61 Å². The van der Waals surface area contributed by atoms with Crippen LogP contribution in [0.15, 0.2) is 0 Å². The lowest BCUT2D eigenvalue weighted by Crippen LogP contribution is -2.60. The summed E-state index contributed by atoms with van der Waals surface area (Å²) in [6.07, 6.45) is 3.50. The summed E-state index contributed by atoms with van der Waals surface area (Å²) < 4.78 is 11.7. The average molecular weight is 455 g/mol. The molecule has 7 nitrogen and oxygen atoms in total. The SMILES string of the molecule is CC12CCC3C(CCC4CC(OC5OC(CO)C(O)C(O)C5O)CCC43C)C1CCC2O. The van der Waals surface area contributed by atoms with E-state index in [1.165, 1.54) is 25.7 Å². The Balaban J connectivity index is 1.25. The second kappa shape index (κ2) is 8.43. The maximum absolute atomic E-state index is 10.7. The third-order valence-corrected chi connectivity index (χ3v) is 10.7. The van der Waals surface area contributed by atoms with Gasteiger partial charge in [0.1, 0.15) is 24.4 Å². The van der Waals surface area contributed by atoms with Gasteiger partial charge in [-0.2, -0.15) is 0 Å². The molecule has 5 N–H and O–H groups in total. The Morgan fingerprint density at radius 2 is 1.53 bits per heavy atom. The lowest BCUT2D eigenvalue weighted by atomic mass is 9.45. The molecule has 4 aliphatic carbocycles. The highest BCUT2D eigenvalue weighted by Gasteiger charge is 2.60. The van der Waals surface area contributed by atoms with Gasteiger partial charge in [0.15, 0.2) is 6.29 Å². The number of hydrogen-bond acceptors (Lipinski definition) is 7. The quantitative estimate of drug-likeness (QED) is 0.411. The maximum atomic E-state index is 10.7. The van der Waals surface area contributed by atoms with Crippen LogP contribution in [0, 0.1) is 34.5 Å². The van der Waals surface area contributed by atoms with E-state index < -0.39 is 37.3 Å². The van der Waals surface area contributed by atoms with Crippen LogP contribution in [0.4, 0.5) is 0 Å². The molecule has 5 aliphatic rings. The van der Waals surface area contributed by atoms with E-state index in [9.17, 15) is 25.5 Å². The molecule has 0 amide bonds. The predicted octanol–water partition coefficient (Wildman–Crippen LogP) is 1.58. The van der Waals surface area contributed by atoms with E-state index in [0.29, 0.717) is 17.8 Å². The normalized spacial score (nSPS) is 58.0. The Kier molecular flexibility index (Phi) is 6.18. The number of aliphatic hydroxyl groups excluding tert-OH is 5. The molecule has 1 heterocycles. The van der Waals surface area contributed by atoms with E-state index in [4.69, 9.17) is 9.47 Å². The van der Waals surface area contributed by atoms with Gasteiger partial charge in [-0.15, -0.1) is 0 Å². The molecule has 5 rings (SSSR count). The molecule has 0 aromatic heterocycles. The molecule has 5 fully saturated rings. The molecular formula is C25H42O7.